The zero-order valence-corrected chi connectivity index (χ0v) is 35.3. The standard InChI is InChI=1S/C47H43N7O11/c1-25(2)65-39-36(22-21-35(38(39)55)45(60)51-33-19-13-31(14-20-33)47(62)63)53-43(58)29-9-17-34(18-10-29)52-46(61)37(40(64-4)41(49)56)54-44(59)30-11-15-32(16-12-30)50-42(57)26(3)23-27-5-7-28(24-48)8-6-27/h5-23,25,37,40,55H,1-4H3,(H2,49,56)(H,50,57)(H,51,60)(H,52,61)(H,53,58)(H,54,59)(H,62,63)/b26-23+/t37-,40+/m0/s1. The lowest BCUT2D eigenvalue weighted by Crippen LogP contribution is -2.56. The van der Waals surface area contributed by atoms with Crippen LogP contribution in [0.3, 0.4) is 0 Å². The van der Waals surface area contributed by atoms with Crippen LogP contribution in [0.4, 0.5) is 22.7 Å². The van der Waals surface area contributed by atoms with Gasteiger partial charge in [0.2, 0.25) is 11.8 Å². The summed E-state index contributed by atoms with van der Waals surface area (Å²) in [6, 6.07) is 26.3. The Labute approximate surface area is 372 Å². The first-order valence-corrected chi connectivity index (χ1v) is 19.6. The molecule has 0 radical (unpaired) electrons. The van der Waals surface area contributed by atoms with E-state index in [2.05, 4.69) is 26.6 Å². The highest BCUT2D eigenvalue weighted by molar-refractivity contribution is 6.10. The number of phenolic OH excluding ortho intramolecular Hbond substituents is 1. The van der Waals surface area contributed by atoms with Crippen molar-refractivity contribution in [2.45, 2.75) is 39.0 Å². The minimum atomic E-state index is -1.63. The number of nitrogens with zero attached hydrogens (tertiary/aromatic N) is 1. The Balaban J connectivity index is 1.24. The van der Waals surface area contributed by atoms with Crippen molar-refractivity contribution in [3.05, 3.63) is 148 Å². The number of rotatable bonds is 17. The van der Waals surface area contributed by atoms with Gasteiger partial charge >= 0.3 is 5.97 Å². The molecular weight excluding hydrogens is 839 g/mol. The number of nitrogens with one attached hydrogen (secondary N) is 5. The normalized spacial score (nSPS) is 11.8. The fraction of sp³-hybridized carbons (Fsp3) is 0.149. The van der Waals surface area contributed by atoms with E-state index < -0.39 is 65.4 Å². The number of amides is 6. The van der Waals surface area contributed by atoms with Crippen LogP contribution in [-0.4, -0.2) is 77.0 Å². The molecule has 0 spiro atoms. The van der Waals surface area contributed by atoms with Crippen molar-refractivity contribution in [2.75, 3.05) is 28.4 Å². The molecule has 5 aromatic carbocycles. The first kappa shape index (κ1) is 47.2. The number of hydrogen-bond donors (Lipinski definition) is 8. The number of methoxy groups -OCH3 is 1. The predicted octanol–water partition coefficient (Wildman–Crippen LogP) is 5.53. The molecule has 0 aromatic heterocycles. The molecule has 0 aliphatic heterocycles. The molecule has 65 heavy (non-hydrogen) atoms. The molecule has 18 nitrogen and oxygen atoms in total. The van der Waals surface area contributed by atoms with Gasteiger partial charge in [-0.3, -0.25) is 28.8 Å². The molecule has 0 bridgehead atoms. The van der Waals surface area contributed by atoms with Gasteiger partial charge in [-0.1, -0.05) is 12.1 Å². The Morgan fingerprint density at radius 1 is 0.692 bits per heavy atom. The minimum absolute atomic E-state index is 0.0153. The van der Waals surface area contributed by atoms with Crippen LogP contribution in [0.2, 0.25) is 0 Å². The molecule has 5 rings (SSSR count). The fourth-order valence-electron chi connectivity index (χ4n) is 6.05. The number of nitriles is 1. The molecule has 18 heteroatoms. The number of phenols is 1. The highest BCUT2D eigenvalue weighted by Crippen LogP contribution is 2.39. The van der Waals surface area contributed by atoms with Gasteiger partial charge in [0.05, 0.1) is 34.6 Å². The topological polar surface area (TPSA) is 288 Å². The molecule has 332 valence electrons. The third-order valence-electron chi connectivity index (χ3n) is 9.37. The first-order chi connectivity index (χ1) is 31.0. The number of aromatic hydroxyl groups is 1. The molecule has 0 saturated heterocycles. The summed E-state index contributed by atoms with van der Waals surface area (Å²) in [5.74, 6) is -6.41. The highest BCUT2D eigenvalue weighted by Gasteiger charge is 2.34. The van der Waals surface area contributed by atoms with Gasteiger partial charge in [-0.2, -0.15) is 5.26 Å². The van der Waals surface area contributed by atoms with Crippen LogP contribution < -0.4 is 37.1 Å². The van der Waals surface area contributed by atoms with Crippen molar-refractivity contribution in [2.24, 2.45) is 5.73 Å². The Bertz CT molecular complexity index is 2690. The van der Waals surface area contributed by atoms with Crippen LogP contribution in [0.5, 0.6) is 11.5 Å². The number of benzene rings is 5. The van der Waals surface area contributed by atoms with E-state index in [4.69, 9.17) is 25.6 Å². The molecule has 0 aliphatic rings. The lowest BCUT2D eigenvalue weighted by Gasteiger charge is -2.24. The maximum atomic E-state index is 13.6. The quantitative estimate of drug-likeness (QED) is 0.0535. The van der Waals surface area contributed by atoms with Gasteiger partial charge in [0.1, 0.15) is 6.04 Å². The molecule has 0 aliphatic carbocycles. The van der Waals surface area contributed by atoms with Gasteiger partial charge in [-0.25, -0.2) is 4.79 Å². The Morgan fingerprint density at radius 2 is 1.23 bits per heavy atom. The van der Waals surface area contributed by atoms with E-state index in [1.165, 1.54) is 84.9 Å². The maximum absolute atomic E-state index is 13.6. The summed E-state index contributed by atoms with van der Waals surface area (Å²) in [4.78, 5) is 89.7. The Morgan fingerprint density at radius 3 is 1.75 bits per heavy atom. The molecule has 0 saturated carbocycles. The maximum Gasteiger partial charge on any atom is 0.335 e. The van der Waals surface area contributed by atoms with Gasteiger partial charge in [-0.15, -0.1) is 0 Å². The highest BCUT2D eigenvalue weighted by atomic mass is 16.5. The second-order valence-electron chi connectivity index (χ2n) is 14.5. The molecule has 5 aromatic rings. The van der Waals surface area contributed by atoms with E-state index in [-0.39, 0.29) is 45.1 Å². The molecule has 0 unspecified atom stereocenters. The minimum Gasteiger partial charge on any atom is -0.504 e. The van der Waals surface area contributed by atoms with Crippen LogP contribution in [0, 0.1) is 11.3 Å². The van der Waals surface area contributed by atoms with E-state index in [0.717, 1.165) is 12.7 Å². The lowest BCUT2D eigenvalue weighted by molar-refractivity contribution is -0.134. The Kier molecular flexibility index (Phi) is 15.5. The smallest absolute Gasteiger partial charge is 0.335 e. The molecule has 2 atom stereocenters. The average Bonchev–Trinajstić information content (AvgIpc) is 3.28. The van der Waals surface area contributed by atoms with Crippen LogP contribution >= 0.6 is 0 Å². The van der Waals surface area contributed by atoms with Gasteiger partial charge in [-0.05, 0) is 129 Å². The summed E-state index contributed by atoms with van der Waals surface area (Å²) >= 11 is 0. The van der Waals surface area contributed by atoms with Gasteiger partial charge in [0, 0.05) is 40.9 Å². The summed E-state index contributed by atoms with van der Waals surface area (Å²) in [6.45, 7) is 4.96. The molecule has 0 heterocycles. The lowest BCUT2D eigenvalue weighted by atomic mass is 10.1. The number of anilines is 4. The zero-order valence-electron chi connectivity index (χ0n) is 35.3. The second kappa shape index (κ2) is 21.3. The number of carboxylic acid groups (broad SMARTS) is 1. The third kappa shape index (κ3) is 12.4. The number of hydrogen-bond acceptors (Lipinski definition) is 11. The van der Waals surface area contributed by atoms with Crippen LogP contribution in [0.15, 0.2) is 115 Å². The van der Waals surface area contributed by atoms with E-state index in [1.807, 2.05) is 6.07 Å². The summed E-state index contributed by atoms with van der Waals surface area (Å²) < 4.78 is 11.0. The van der Waals surface area contributed by atoms with E-state index in [1.54, 1.807) is 51.1 Å². The van der Waals surface area contributed by atoms with Crippen molar-refractivity contribution in [1.29, 1.82) is 5.26 Å². The summed E-state index contributed by atoms with van der Waals surface area (Å²) in [5.41, 5.74) is 7.90. The van der Waals surface area contributed by atoms with Crippen molar-refractivity contribution in [3.8, 4) is 17.6 Å². The van der Waals surface area contributed by atoms with Gasteiger partial charge in [0.15, 0.2) is 17.6 Å². The van der Waals surface area contributed by atoms with Crippen molar-refractivity contribution in [1.82, 2.24) is 5.32 Å². The number of carbonyl (C=O) groups excluding carboxylic acids is 6. The van der Waals surface area contributed by atoms with Gasteiger partial charge < -0.3 is 52.0 Å². The van der Waals surface area contributed by atoms with E-state index >= 15 is 0 Å². The fourth-order valence-corrected chi connectivity index (χ4v) is 6.05. The molecule has 6 amide bonds. The SMILES string of the molecule is CO[C@@H](C(N)=O)[C@H](NC(=O)c1ccc(NC(=O)/C(C)=C/c2ccc(C#N)cc2)cc1)C(=O)Nc1ccc(C(=O)Nc2ccc(C(=O)Nc3ccc(C(=O)O)cc3)c(O)c2OC(C)C)cc1. The largest absolute Gasteiger partial charge is 0.504 e. The molecule has 9 N–H and O–H groups in total. The zero-order chi connectivity index (χ0) is 47.4. The number of carbonyl (C=O) groups is 7. The second-order valence-corrected chi connectivity index (χ2v) is 14.5. The predicted molar refractivity (Wildman–Crippen MR) is 239 cm³/mol. The number of primary amides is 1. The van der Waals surface area contributed by atoms with Crippen LogP contribution in [0.25, 0.3) is 6.08 Å². The Hall–Kier alpha value is -8.82. The van der Waals surface area contributed by atoms with Crippen LogP contribution in [-0.2, 0) is 19.1 Å². The number of ether oxygens (including phenoxy) is 2. The van der Waals surface area contributed by atoms with Crippen molar-refractivity contribution < 1.29 is 53.2 Å². The first-order valence-electron chi connectivity index (χ1n) is 19.6. The molecule has 0 fully saturated rings. The van der Waals surface area contributed by atoms with Crippen molar-refractivity contribution >= 4 is 70.2 Å². The molecular formula is C47H43N7O11. The van der Waals surface area contributed by atoms with Crippen molar-refractivity contribution in [3.63, 3.8) is 0 Å². The van der Waals surface area contributed by atoms with E-state index in [0.29, 0.717) is 16.8 Å². The average molecular weight is 882 g/mol. The number of nitrogens with two attached hydrogens (primary N) is 1. The summed E-state index contributed by atoms with van der Waals surface area (Å²) in [5, 5.41) is 42.2. The van der Waals surface area contributed by atoms with E-state index in [9.17, 15) is 38.7 Å². The monoisotopic (exact) mass is 881 g/mol. The third-order valence-corrected chi connectivity index (χ3v) is 9.37. The number of aromatic carboxylic acids is 1. The summed E-state index contributed by atoms with van der Waals surface area (Å²) in [7, 11) is 1.13. The summed E-state index contributed by atoms with van der Waals surface area (Å²) in [6.07, 6.45) is -0.451. The van der Waals surface area contributed by atoms with Crippen LogP contribution in [0.1, 0.15) is 73.3 Å². The van der Waals surface area contributed by atoms with Gasteiger partial charge in [0.25, 0.3) is 23.6 Å². The number of carboxylic acids is 1.